The van der Waals surface area contributed by atoms with Gasteiger partial charge in [-0.2, -0.15) is 0 Å². The number of aryl methyl sites for hydroxylation is 2. The molecule has 3 rings (SSSR count). The van der Waals surface area contributed by atoms with E-state index in [9.17, 15) is 4.79 Å². The summed E-state index contributed by atoms with van der Waals surface area (Å²) in [6, 6.07) is 15.6. The van der Waals surface area contributed by atoms with E-state index in [2.05, 4.69) is 36.2 Å². The van der Waals surface area contributed by atoms with Crippen LogP contribution in [0.4, 0.5) is 0 Å². The van der Waals surface area contributed by atoms with Gasteiger partial charge >= 0.3 is 5.97 Å². The van der Waals surface area contributed by atoms with Crippen molar-refractivity contribution < 1.29 is 13.9 Å². The van der Waals surface area contributed by atoms with Crippen LogP contribution < -0.4 is 0 Å². The van der Waals surface area contributed by atoms with Crippen molar-refractivity contribution in [3.63, 3.8) is 0 Å². The number of carbonyl (C=O) groups excluding carboxylic acids is 1. The molecule has 2 aromatic carbocycles. The summed E-state index contributed by atoms with van der Waals surface area (Å²) < 4.78 is 11.0. The van der Waals surface area contributed by atoms with E-state index in [1.165, 1.54) is 22.9 Å². The third-order valence-corrected chi connectivity index (χ3v) is 4.92. The van der Waals surface area contributed by atoms with Gasteiger partial charge in [0.05, 0.1) is 5.75 Å². The highest BCUT2D eigenvalue weighted by Gasteiger charge is 2.19. The smallest absolute Gasteiger partial charge is 0.317 e. The van der Waals surface area contributed by atoms with E-state index in [1.54, 1.807) is 6.92 Å². The van der Waals surface area contributed by atoms with Gasteiger partial charge in [-0.3, -0.25) is 4.79 Å². The number of nitrogens with zero attached hydrogens (tertiary/aromatic N) is 2. The topological polar surface area (TPSA) is 65.2 Å². The van der Waals surface area contributed by atoms with Gasteiger partial charge in [-0.1, -0.05) is 24.3 Å². The van der Waals surface area contributed by atoms with E-state index >= 15 is 0 Å². The van der Waals surface area contributed by atoms with Gasteiger partial charge < -0.3 is 9.15 Å². The van der Waals surface area contributed by atoms with Gasteiger partial charge in [0.15, 0.2) is 6.10 Å². The number of hydrogen-bond donors (Lipinski definition) is 0. The highest BCUT2D eigenvalue weighted by molar-refractivity contribution is 8.00. The predicted molar refractivity (Wildman–Crippen MR) is 101 cm³/mol. The lowest BCUT2D eigenvalue weighted by atomic mass is 10.1. The Morgan fingerprint density at radius 3 is 2.62 bits per heavy atom. The molecule has 0 amide bonds. The van der Waals surface area contributed by atoms with Crippen molar-refractivity contribution in [1.82, 2.24) is 10.2 Å². The molecular weight excluding hydrogens is 348 g/mol. The van der Waals surface area contributed by atoms with E-state index in [1.807, 2.05) is 36.4 Å². The van der Waals surface area contributed by atoms with Gasteiger partial charge in [-0.15, -0.1) is 22.0 Å². The lowest BCUT2D eigenvalue weighted by Crippen LogP contribution is -2.11. The molecule has 0 radical (unpaired) electrons. The monoisotopic (exact) mass is 368 g/mol. The third kappa shape index (κ3) is 4.52. The first-order valence-electron chi connectivity index (χ1n) is 8.31. The maximum atomic E-state index is 12.1. The second kappa shape index (κ2) is 8.19. The van der Waals surface area contributed by atoms with Crippen LogP contribution in [-0.4, -0.2) is 21.9 Å². The van der Waals surface area contributed by atoms with E-state index in [0.29, 0.717) is 5.89 Å². The van der Waals surface area contributed by atoms with Crippen molar-refractivity contribution >= 4 is 17.7 Å². The maximum absolute atomic E-state index is 12.1. The van der Waals surface area contributed by atoms with E-state index < -0.39 is 6.10 Å². The van der Waals surface area contributed by atoms with Gasteiger partial charge in [0, 0.05) is 10.5 Å². The number of hydrogen-bond acceptors (Lipinski definition) is 6. The molecule has 0 fully saturated rings. The summed E-state index contributed by atoms with van der Waals surface area (Å²) in [7, 11) is 0. The lowest BCUT2D eigenvalue weighted by Gasteiger charge is -2.09. The zero-order valence-electron chi connectivity index (χ0n) is 14.9. The molecule has 0 bridgehead atoms. The molecule has 0 unspecified atom stereocenters. The molecule has 26 heavy (non-hydrogen) atoms. The summed E-state index contributed by atoms with van der Waals surface area (Å²) in [4.78, 5) is 13.1. The zero-order chi connectivity index (χ0) is 18.5. The van der Waals surface area contributed by atoms with Crippen LogP contribution in [0.2, 0.25) is 0 Å². The Morgan fingerprint density at radius 1 is 1.12 bits per heavy atom. The molecule has 0 saturated carbocycles. The minimum absolute atomic E-state index is 0.229. The molecule has 3 aromatic rings. The molecule has 0 aliphatic carbocycles. The predicted octanol–water partition coefficient (Wildman–Crippen LogP) is 4.75. The van der Waals surface area contributed by atoms with Crippen LogP contribution in [-0.2, 0) is 9.53 Å². The highest BCUT2D eigenvalue weighted by atomic mass is 32.2. The van der Waals surface area contributed by atoms with Gasteiger partial charge in [0.2, 0.25) is 5.89 Å². The Kier molecular flexibility index (Phi) is 5.73. The SMILES string of the molecule is Cc1ccc(SCC(=O)O[C@H](C)c2nnc(-c3ccccc3)o2)cc1C. The lowest BCUT2D eigenvalue weighted by molar-refractivity contribution is -0.146. The van der Waals surface area contributed by atoms with Crippen LogP contribution in [0.3, 0.4) is 0 Å². The standard InChI is InChI=1S/C20H20N2O3S/c1-13-9-10-17(11-14(13)2)26-12-18(23)24-15(3)19-21-22-20(25-19)16-7-5-4-6-8-16/h4-11,15H,12H2,1-3H3/t15-/m1/s1. The number of rotatable bonds is 6. The van der Waals surface area contributed by atoms with Crippen molar-refractivity contribution in [2.45, 2.75) is 31.8 Å². The van der Waals surface area contributed by atoms with Crippen LogP contribution in [0.1, 0.15) is 30.0 Å². The third-order valence-electron chi connectivity index (χ3n) is 3.95. The first-order valence-corrected chi connectivity index (χ1v) is 9.30. The van der Waals surface area contributed by atoms with Gasteiger partial charge in [0.1, 0.15) is 0 Å². The molecule has 0 aliphatic rings. The number of esters is 1. The minimum Gasteiger partial charge on any atom is -0.452 e. The summed E-state index contributed by atoms with van der Waals surface area (Å²) in [5, 5.41) is 8.00. The first kappa shape index (κ1) is 18.2. The van der Waals surface area contributed by atoms with Crippen molar-refractivity contribution in [1.29, 1.82) is 0 Å². The number of ether oxygens (including phenoxy) is 1. The largest absolute Gasteiger partial charge is 0.452 e. The highest BCUT2D eigenvalue weighted by Crippen LogP contribution is 2.24. The van der Waals surface area contributed by atoms with Crippen molar-refractivity contribution in [3.05, 3.63) is 65.5 Å². The first-order chi connectivity index (χ1) is 12.5. The molecule has 0 saturated heterocycles. The summed E-state index contributed by atoms with van der Waals surface area (Å²) in [6.45, 7) is 5.84. The second-order valence-electron chi connectivity index (χ2n) is 5.98. The molecule has 134 valence electrons. The zero-order valence-corrected chi connectivity index (χ0v) is 15.7. The average Bonchev–Trinajstić information content (AvgIpc) is 3.14. The van der Waals surface area contributed by atoms with Gasteiger partial charge in [-0.05, 0) is 56.2 Å². The van der Waals surface area contributed by atoms with Crippen LogP contribution in [0.25, 0.3) is 11.5 Å². The Balaban J connectivity index is 1.56. The van der Waals surface area contributed by atoms with Gasteiger partial charge in [0.25, 0.3) is 5.89 Å². The molecule has 1 heterocycles. The second-order valence-corrected chi connectivity index (χ2v) is 7.03. The quantitative estimate of drug-likeness (QED) is 0.462. The molecule has 1 atom stereocenters. The Hall–Kier alpha value is -2.60. The fourth-order valence-electron chi connectivity index (χ4n) is 2.32. The molecule has 1 aromatic heterocycles. The molecular formula is C20H20N2O3S. The van der Waals surface area contributed by atoms with Gasteiger partial charge in [-0.25, -0.2) is 0 Å². The number of carbonyl (C=O) groups is 1. The fourth-order valence-corrected chi connectivity index (χ4v) is 3.10. The van der Waals surface area contributed by atoms with Crippen LogP contribution >= 0.6 is 11.8 Å². The van der Waals surface area contributed by atoms with E-state index in [0.717, 1.165) is 10.5 Å². The van der Waals surface area contributed by atoms with Crippen molar-refractivity contribution in [2.24, 2.45) is 0 Å². The Bertz CT molecular complexity index is 893. The fraction of sp³-hybridized carbons (Fsp3) is 0.250. The van der Waals surface area contributed by atoms with E-state index in [4.69, 9.17) is 9.15 Å². The number of thioether (sulfide) groups is 1. The normalized spacial score (nSPS) is 12.0. The summed E-state index contributed by atoms with van der Waals surface area (Å²) in [5.74, 6) is 0.605. The number of benzene rings is 2. The molecule has 0 aliphatic heterocycles. The Morgan fingerprint density at radius 2 is 1.88 bits per heavy atom. The molecule has 6 heteroatoms. The molecule has 0 N–H and O–H groups in total. The van der Waals surface area contributed by atoms with Crippen LogP contribution in [0.5, 0.6) is 0 Å². The molecule has 0 spiro atoms. The Labute approximate surface area is 156 Å². The minimum atomic E-state index is -0.590. The van der Waals surface area contributed by atoms with Crippen LogP contribution in [0.15, 0.2) is 57.8 Å². The van der Waals surface area contributed by atoms with E-state index in [-0.39, 0.29) is 17.6 Å². The summed E-state index contributed by atoms with van der Waals surface area (Å²) in [6.07, 6.45) is -0.590. The maximum Gasteiger partial charge on any atom is 0.317 e. The number of aromatic nitrogens is 2. The van der Waals surface area contributed by atoms with Crippen molar-refractivity contribution in [2.75, 3.05) is 5.75 Å². The average molecular weight is 368 g/mol. The van der Waals surface area contributed by atoms with Crippen molar-refractivity contribution in [3.8, 4) is 11.5 Å². The summed E-state index contributed by atoms with van der Waals surface area (Å²) >= 11 is 1.45. The molecule has 5 nitrogen and oxygen atoms in total. The van der Waals surface area contributed by atoms with Crippen LogP contribution in [0, 0.1) is 13.8 Å². The summed E-state index contributed by atoms with van der Waals surface area (Å²) in [5.41, 5.74) is 3.27.